The minimum atomic E-state index is -0.670. The van der Waals surface area contributed by atoms with Gasteiger partial charge < -0.3 is 5.11 Å². The Labute approximate surface area is 97.8 Å². The highest BCUT2D eigenvalue weighted by molar-refractivity contribution is 5.69. The summed E-state index contributed by atoms with van der Waals surface area (Å²) in [6.07, 6.45) is 7.66. The number of carboxylic acids is 1. The Morgan fingerprint density at radius 1 is 1.19 bits per heavy atom. The van der Waals surface area contributed by atoms with Crippen molar-refractivity contribution in [3.05, 3.63) is 0 Å². The van der Waals surface area contributed by atoms with E-state index in [0.29, 0.717) is 6.04 Å². The van der Waals surface area contributed by atoms with Crippen LogP contribution in [0.15, 0.2) is 0 Å². The molecule has 0 unspecified atom stereocenters. The third-order valence-electron chi connectivity index (χ3n) is 4.03. The lowest BCUT2D eigenvalue weighted by molar-refractivity contribution is -0.138. The van der Waals surface area contributed by atoms with Gasteiger partial charge in [0.25, 0.3) is 0 Å². The average molecular weight is 225 g/mol. The van der Waals surface area contributed by atoms with Crippen LogP contribution in [0, 0.1) is 11.8 Å². The number of carboxylic acid groups (broad SMARTS) is 1. The van der Waals surface area contributed by atoms with Gasteiger partial charge in [-0.1, -0.05) is 19.8 Å². The monoisotopic (exact) mass is 225 g/mol. The van der Waals surface area contributed by atoms with Crippen molar-refractivity contribution in [3.8, 4) is 0 Å². The molecule has 1 N–H and O–H groups in total. The molecule has 92 valence electrons. The largest absolute Gasteiger partial charge is 0.480 e. The zero-order valence-corrected chi connectivity index (χ0v) is 10.2. The van der Waals surface area contributed by atoms with Gasteiger partial charge in [0.1, 0.15) is 0 Å². The zero-order chi connectivity index (χ0) is 11.5. The van der Waals surface area contributed by atoms with Crippen LogP contribution in [0.1, 0.15) is 45.4 Å². The van der Waals surface area contributed by atoms with E-state index in [0.717, 1.165) is 18.4 Å². The summed E-state index contributed by atoms with van der Waals surface area (Å²) in [5.74, 6) is 0.956. The van der Waals surface area contributed by atoms with Gasteiger partial charge in [-0.3, -0.25) is 9.69 Å². The number of carbonyl (C=O) groups is 1. The molecule has 0 aliphatic heterocycles. The fourth-order valence-electron chi connectivity index (χ4n) is 2.80. The van der Waals surface area contributed by atoms with Crippen molar-refractivity contribution in [2.24, 2.45) is 11.8 Å². The standard InChI is InChI=1S/C13H23NO2/c1-10-2-4-11(5-3-10)8-14(9-13(15)16)12-6-7-12/h10-12H,2-9H2,1H3,(H,15,16). The molecular formula is C13H23NO2. The van der Waals surface area contributed by atoms with Crippen molar-refractivity contribution in [1.29, 1.82) is 0 Å². The zero-order valence-electron chi connectivity index (χ0n) is 10.2. The molecule has 0 radical (unpaired) electrons. The van der Waals surface area contributed by atoms with Crippen molar-refractivity contribution in [3.63, 3.8) is 0 Å². The van der Waals surface area contributed by atoms with Crippen LogP contribution in [0.3, 0.4) is 0 Å². The van der Waals surface area contributed by atoms with Crippen LogP contribution in [-0.2, 0) is 4.79 Å². The van der Waals surface area contributed by atoms with Crippen LogP contribution in [-0.4, -0.2) is 35.1 Å². The molecule has 0 heterocycles. The summed E-state index contributed by atoms with van der Waals surface area (Å²) in [7, 11) is 0. The van der Waals surface area contributed by atoms with E-state index < -0.39 is 5.97 Å². The van der Waals surface area contributed by atoms with Gasteiger partial charge in [-0.15, -0.1) is 0 Å². The molecular weight excluding hydrogens is 202 g/mol. The summed E-state index contributed by atoms with van der Waals surface area (Å²) >= 11 is 0. The van der Waals surface area contributed by atoms with E-state index in [1.807, 2.05) is 0 Å². The van der Waals surface area contributed by atoms with Crippen LogP contribution in [0.5, 0.6) is 0 Å². The molecule has 0 saturated heterocycles. The highest BCUT2D eigenvalue weighted by atomic mass is 16.4. The molecule has 2 aliphatic rings. The lowest BCUT2D eigenvalue weighted by Crippen LogP contribution is -2.36. The molecule has 2 saturated carbocycles. The summed E-state index contributed by atoms with van der Waals surface area (Å²) in [5.41, 5.74) is 0. The van der Waals surface area contributed by atoms with Crippen LogP contribution >= 0.6 is 0 Å². The van der Waals surface area contributed by atoms with E-state index >= 15 is 0 Å². The van der Waals surface area contributed by atoms with E-state index in [9.17, 15) is 4.79 Å². The summed E-state index contributed by atoms with van der Waals surface area (Å²) in [6.45, 7) is 3.59. The maximum Gasteiger partial charge on any atom is 0.317 e. The number of hydrogen-bond acceptors (Lipinski definition) is 2. The van der Waals surface area contributed by atoms with Gasteiger partial charge in [0, 0.05) is 12.6 Å². The van der Waals surface area contributed by atoms with E-state index in [1.165, 1.54) is 38.5 Å². The fourth-order valence-corrected chi connectivity index (χ4v) is 2.80. The second-order valence-corrected chi connectivity index (χ2v) is 5.68. The minimum absolute atomic E-state index is 0.247. The fraction of sp³-hybridized carbons (Fsp3) is 0.923. The molecule has 0 aromatic rings. The summed E-state index contributed by atoms with van der Waals surface area (Å²) in [4.78, 5) is 13.0. The Hall–Kier alpha value is -0.570. The van der Waals surface area contributed by atoms with Crippen molar-refractivity contribution >= 4 is 5.97 Å². The van der Waals surface area contributed by atoms with Crippen molar-refractivity contribution in [1.82, 2.24) is 4.90 Å². The van der Waals surface area contributed by atoms with E-state index in [2.05, 4.69) is 11.8 Å². The van der Waals surface area contributed by atoms with Crippen molar-refractivity contribution in [2.45, 2.75) is 51.5 Å². The Balaban J connectivity index is 1.78. The van der Waals surface area contributed by atoms with Gasteiger partial charge in [0.2, 0.25) is 0 Å². The molecule has 2 fully saturated rings. The van der Waals surface area contributed by atoms with Gasteiger partial charge in [-0.25, -0.2) is 0 Å². The van der Waals surface area contributed by atoms with Crippen LogP contribution in [0.25, 0.3) is 0 Å². The second kappa shape index (κ2) is 5.17. The average Bonchev–Trinajstić information content (AvgIpc) is 3.03. The second-order valence-electron chi connectivity index (χ2n) is 5.68. The predicted octanol–water partition coefficient (Wildman–Crippen LogP) is 2.36. The maximum atomic E-state index is 10.8. The van der Waals surface area contributed by atoms with E-state index in [-0.39, 0.29) is 6.54 Å². The molecule has 16 heavy (non-hydrogen) atoms. The third kappa shape index (κ3) is 3.48. The van der Waals surface area contributed by atoms with Gasteiger partial charge in [-0.2, -0.15) is 0 Å². The molecule has 0 atom stereocenters. The molecule has 0 aromatic carbocycles. The SMILES string of the molecule is CC1CCC(CN(CC(=O)O)C2CC2)CC1. The van der Waals surface area contributed by atoms with Gasteiger partial charge in [0.15, 0.2) is 0 Å². The topological polar surface area (TPSA) is 40.5 Å². The molecule has 3 nitrogen and oxygen atoms in total. The Morgan fingerprint density at radius 3 is 2.31 bits per heavy atom. The van der Waals surface area contributed by atoms with Crippen LogP contribution in [0.4, 0.5) is 0 Å². The summed E-state index contributed by atoms with van der Waals surface area (Å²) in [5, 5.41) is 8.89. The number of hydrogen-bond donors (Lipinski definition) is 1. The van der Waals surface area contributed by atoms with Crippen LogP contribution < -0.4 is 0 Å². The van der Waals surface area contributed by atoms with Gasteiger partial charge >= 0.3 is 5.97 Å². The predicted molar refractivity (Wildman–Crippen MR) is 63.4 cm³/mol. The quantitative estimate of drug-likeness (QED) is 0.781. The first-order valence-corrected chi connectivity index (χ1v) is 6.61. The molecule has 3 heteroatoms. The molecule has 0 aromatic heterocycles. The lowest BCUT2D eigenvalue weighted by Gasteiger charge is -2.31. The minimum Gasteiger partial charge on any atom is -0.480 e. The molecule has 2 aliphatic carbocycles. The maximum absolute atomic E-state index is 10.8. The number of aliphatic carboxylic acids is 1. The van der Waals surface area contributed by atoms with Crippen LogP contribution in [0.2, 0.25) is 0 Å². The van der Waals surface area contributed by atoms with Gasteiger partial charge in [0.05, 0.1) is 6.54 Å². The smallest absolute Gasteiger partial charge is 0.317 e. The highest BCUT2D eigenvalue weighted by Crippen LogP contribution is 2.32. The molecule has 0 spiro atoms. The number of nitrogens with zero attached hydrogens (tertiary/aromatic N) is 1. The Bertz CT molecular complexity index is 242. The molecule has 0 amide bonds. The highest BCUT2D eigenvalue weighted by Gasteiger charge is 2.32. The molecule has 2 rings (SSSR count). The number of rotatable bonds is 5. The normalized spacial score (nSPS) is 30.6. The molecule has 0 bridgehead atoms. The first kappa shape index (κ1) is 11.9. The van der Waals surface area contributed by atoms with Crippen molar-refractivity contribution < 1.29 is 9.90 Å². The van der Waals surface area contributed by atoms with Crippen molar-refractivity contribution in [2.75, 3.05) is 13.1 Å². The first-order valence-electron chi connectivity index (χ1n) is 6.61. The Kier molecular flexibility index (Phi) is 3.85. The van der Waals surface area contributed by atoms with E-state index in [1.54, 1.807) is 0 Å². The third-order valence-corrected chi connectivity index (χ3v) is 4.03. The van der Waals surface area contributed by atoms with Gasteiger partial charge in [-0.05, 0) is 37.5 Å². The summed E-state index contributed by atoms with van der Waals surface area (Å²) in [6, 6.07) is 0.579. The lowest BCUT2D eigenvalue weighted by atomic mass is 9.83. The Morgan fingerprint density at radius 2 is 1.81 bits per heavy atom. The first-order chi connectivity index (χ1) is 7.65. The van der Waals surface area contributed by atoms with E-state index in [4.69, 9.17) is 5.11 Å². The summed E-state index contributed by atoms with van der Waals surface area (Å²) < 4.78 is 0.